The summed E-state index contributed by atoms with van der Waals surface area (Å²) in [5.41, 5.74) is 1.70. The van der Waals surface area contributed by atoms with E-state index in [1.54, 1.807) is 12.4 Å². The SMILES string of the molecule is CCC(CCNC)c1ccnc(Nc2ncc(-c3cc(F)cc(F)c3)s2)c1. The fourth-order valence-corrected chi connectivity index (χ4v) is 3.78. The molecule has 2 N–H and O–H groups in total. The monoisotopic (exact) mass is 388 g/mol. The van der Waals surface area contributed by atoms with E-state index in [2.05, 4.69) is 27.5 Å². The fourth-order valence-electron chi connectivity index (χ4n) is 2.97. The van der Waals surface area contributed by atoms with Gasteiger partial charge in [-0.05, 0) is 67.7 Å². The topological polar surface area (TPSA) is 49.8 Å². The van der Waals surface area contributed by atoms with Crippen molar-refractivity contribution < 1.29 is 8.78 Å². The summed E-state index contributed by atoms with van der Waals surface area (Å²) in [7, 11) is 1.96. The highest BCUT2D eigenvalue weighted by Crippen LogP contribution is 2.32. The van der Waals surface area contributed by atoms with E-state index < -0.39 is 11.6 Å². The van der Waals surface area contributed by atoms with Gasteiger partial charge in [-0.2, -0.15) is 0 Å². The van der Waals surface area contributed by atoms with Crippen LogP contribution in [0.1, 0.15) is 31.2 Å². The Morgan fingerprint density at radius 2 is 1.89 bits per heavy atom. The average molecular weight is 388 g/mol. The second kappa shape index (κ2) is 9.01. The summed E-state index contributed by atoms with van der Waals surface area (Å²) in [5, 5.41) is 7.01. The number of nitrogens with zero attached hydrogens (tertiary/aromatic N) is 2. The third-order valence-electron chi connectivity index (χ3n) is 4.38. The molecule has 1 atom stereocenters. The zero-order chi connectivity index (χ0) is 19.2. The first-order valence-corrected chi connectivity index (χ1v) is 9.70. The predicted molar refractivity (Wildman–Crippen MR) is 107 cm³/mol. The lowest BCUT2D eigenvalue weighted by molar-refractivity contribution is 0.581. The van der Waals surface area contributed by atoms with Crippen LogP contribution in [-0.2, 0) is 0 Å². The van der Waals surface area contributed by atoms with Crippen molar-refractivity contribution in [3.63, 3.8) is 0 Å². The van der Waals surface area contributed by atoms with Crippen LogP contribution in [0.25, 0.3) is 10.4 Å². The van der Waals surface area contributed by atoms with Gasteiger partial charge in [0.05, 0.1) is 4.88 Å². The molecular formula is C20H22F2N4S. The van der Waals surface area contributed by atoms with Crippen molar-refractivity contribution in [1.29, 1.82) is 0 Å². The Morgan fingerprint density at radius 1 is 1.11 bits per heavy atom. The molecule has 2 aromatic heterocycles. The minimum atomic E-state index is -0.602. The van der Waals surface area contributed by atoms with Gasteiger partial charge < -0.3 is 10.6 Å². The quantitative estimate of drug-likeness (QED) is 0.548. The van der Waals surface area contributed by atoms with E-state index in [1.807, 2.05) is 19.2 Å². The fraction of sp³-hybridized carbons (Fsp3) is 0.300. The van der Waals surface area contributed by atoms with Crippen LogP contribution in [0.4, 0.5) is 19.7 Å². The molecule has 7 heteroatoms. The molecule has 0 spiro atoms. The van der Waals surface area contributed by atoms with Crippen molar-refractivity contribution in [3.05, 3.63) is 59.9 Å². The number of pyridine rings is 1. The minimum Gasteiger partial charge on any atom is -0.320 e. The summed E-state index contributed by atoms with van der Waals surface area (Å²) in [6, 6.07) is 7.53. The number of rotatable bonds is 8. The average Bonchev–Trinajstić information content (AvgIpc) is 3.10. The number of hydrogen-bond acceptors (Lipinski definition) is 5. The number of hydrogen-bond donors (Lipinski definition) is 2. The van der Waals surface area contributed by atoms with Gasteiger partial charge in [-0.25, -0.2) is 18.7 Å². The van der Waals surface area contributed by atoms with Crippen LogP contribution in [0, 0.1) is 11.6 Å². The molecule has 1 unspecified atom stereocenters. The van der Waals surface area contributed by atoms with Crippen LogP contribution in [0.3, 0.4) is 0 Å². The number of halogens is 2. The van der Waals surface area contributed by atoms with Crippen molar-refractivity contribution in [2.45, 2.75) is 25.7 Å². The first-order valence-electron chi connectivity index (χ1n) is 8.89. The molecular weight excluding hydrogens is 366 g/mol. The molecule has 0 aliphatic carbocycles. The van der Waals surface area contributed by atoms with Gasteiger partial charge in [0.25, 0.3) is 0 Å². The maximum atomic E-state index is 13.4. The van der Waals surface area contributed by atoms with Crippen molar-refractivity contribution >= 4 is 22.3 Å². The predicted octanol–water partition coefficient (Wildman–Crippen LogP) is 5.33. The van der Waals surface area contributed by atoms with E-state index in [4.69, 9.17) is 0 Å². The van der Waals surface area contributed by atoms with E-state index in [9.17, 15) is 8.78 Å². The van der Waals surface area contributed by atoms with Gasteiger partial charge in [0.15, 0.2) is 5.13 Å². The second-order valence-corrected chi connectivity index (χ2v) is 7.32. The summed E-state index contributed by atoms with van der Waals surface area (Å²) < 4.78 is 26.8. The number of aromatic nitrogens is 2. The number of benzene rings is 1. The van der Waals surface area contributed by atoms with E-state index >= 15 is 0 Å². The molecule has 0 bridgehead atoms. The van der Waals surface area contributed by atoms with Crippen LogP contribution >= 0.6 is 11.3 Å². The molecule has 0 saturated heterocycles. The van der Waals surface area contributed by atoms with E-state index in [0.29, 0.717) is 27.3 Å². The summed E-state index contributed by atoms with van der Waals surface area (Å²) in [6.45, 7) is 3.14. The van der Waals surface area contributed by atoms with Gasteiger partial charge in [-0.1, -0.05) is 18.3 Å². The second-order valence-electron chi connectivity index (χ2n) is 6.28. The molecule has 0 saturated carbocycles. The Kier molecular flexibility index (Phi) is 6.47. The Hall–Kier alpha value is -2.38. The summed E-state index contributed by atoms with van der Waals surface area (Å²) in [5.74, 6) is -0.0336. The Labute approximate surface area is 161 Å². The van der Waals surface area contributed by atoms with Crippen LogP contribution in [0.15, 0.2) is 42.7 Å². The van der Waals surface area contributed by atoms with Crippen LogP contribution in [0.2, 0.25) is 0 Å². The lowest BCUT2D eigenvalue weighted by atomic mass is 9.94. The number of nitrogens with one attached hydrogen (secondary N) is 2. The molecule has 0 aliphatic heterocycles. The lowest BCUT2D eigenvalue weighted by Gasteiger charge is -2.15. The maximum Gasteiger partial charge on any atom is 0.188 e. The Bertz CT molecular complexity index is 877. The van der Waals surface area contributed by atoms with Crippen LogP contribution < -0.4 is 10.6 Å². The van der Waals surface area contributed by atoms with Gasteiger partial charge in [0.1, 0.15) is 17.5 Å². The summed E-state index contributed by atoms with van der Waals surface area (Å²) >= 11 is 1.33. The zero-order valence-corrected chi connectivity index (χ0v) is 16.1. The third-order valence-corrected chi connectivity index (χ3v) is 5.34. The van der Waals surface area contributed by atoms with Crippen molar-refractivity contribution in [3.8, 4) is 10.4 Å². The van der Waals surface area contributed by atoms with Gasteiger partial charge >= 0.3 is 0 Å². The normalized spacial score (nSPS) is 12.1. The molecule has 0 radical (unpaired) electrons. The first kappa shape index (κ1) is 19.4. The number of thiazole rings is 1. The lowest BCUT2D eigenvalue weighted by Crippen LogP contribution is -2.12. The summed E-state index contributed by atoms with van der Waals surface area (Å²) in [6.07, 6.45) is 5.50. The number of anilines is 2. The van der Waals surface area contributed by atoms with Crippen LogP contribution in [0.5, 0.6) is 0 Å². The van der Waals surface area contributed by atoms with Gasteiger partial charge in [-0.15, -0.1) is 0 Å². The molecule has 3 rings (SSSR count). The molecule has 142 valence electrons. The Morgan fingerprint density at radius 3 is 2.59 bits per heavy atom. The van der Waals surface area contributed by atoms with Crippen molar-refractivity contribution in [2.24, 2.45) is 0 Å². The zero-order valence-electron chi connectivity index (χ0n) is 15.3. The Balaban J connectivity index is 1.76. The molecule has 0 amide bonds. The van der Waals surface area contributed by atoms with E-state index in [-0.39, 0.29) is 0 Å². The van der Waals surface area contributed by atoms with Gasteiger partial charge in [-0.3, -0.25) is 0 Å². The van der Waals surface area contributed by atoms with Gasteiger partial charge in [0.2, 0.25) is 0 Å². The molecule has 1 aromatic carbocycles. The molecule has 0 aliphatic rings. The maximum absolute atomic E-state index is 13.4. The molecule has 0 fully saturated rings. The summed E-state index contributed by atoms with van der Waals surface area (Å²) in [4.78, 5) is 9.35. The van der Waals surface area contributed by atoms with Crippen LogP contribution in [-0.4, -0.2) is 23.6 Å². The minimum absolute atomic E-state index is 0.461. The standard InChI is InChI=1S/C20H22F2N4S/c1-3-13(4-6-23-2)14-5-7-24-19(10-14)26-20-25-12-18(27-20)15-8-16(21)11-17(22)9-15/h5,7-13,23H,3-4,6H2,1-2H3,(H,24,25,26). The highest BCUT2D eigenvalue weighted by Gasteiger charge is 2.12. The highest BCUT2D eigenvalue weighted by molar-refractivity contribution is 7.18. The van der Waals surface area contributed by atoms with Crippen molar-refractivity contribution in [1.82, 2.24) is 15.3 Å². The first-order chi connectivity index (χ1) is 13.1. The third kappa shape index (κ3) is 5.08. The van der Waals surface area contributed by atoms with E-state index in [0.717, 1.165) is 25.5 Å². The smallest absolute Gasteiger partial charge is 0.188 e. The molecule has 4 nitrogen and oxygen atoms in total. The largest absolute Gasteiger partial charge is 0.320 e. The molecule has 2 heterocycles. The molecule has 27 heavy (non-hydrogen) atoms. The van der Waals surface area contributed by atoms with Gasteiger partial charge in [0, 0.05) is 18.5 Å². The highest BCUT2D eigenvalue weighted by atomic mass is 32.1. The molecule has 3 aromatic rings. The van der Waals surface area contributed by atoms with E-state index in [1.165, 1.54) is 29.0 Å². The van der Waals surface area contributed by atoms with Crippen molar-refractivity contribution in [2.75, 3.05) is 18.9 Å².